The smallest absolute Gasteiger partial charge is 0.186 e. The fraction of sp³-hybridized carbons (Fsp3) is 0.833. The lowest BCUT2D eigenvalue weighted by molar-refractivity contribution is 0.403. The quantitative estimate of drug-likeness (QED) is 0.533. The van der Waals surface area contributed by atoms with E-state index in [4.69, 9.17) is 4.43 Å². The molecule has 1 nitrogen and oxygen atoms in total. The minimum atomic E-state index is -1.24. The van der Waals surface area contributed by atoms with Gasteiger partial charge in [-0.25, -0.2) is 0 Å². The standard InChI is InChI=1S/C6H15OSi/c1-5-6-8(3,4)7-2/h1,5-6H2,2-4H3. The summed E-state index contributed by atoms with van der Waals surface area (Å²) in [6, 6.07) is 1.17. The van der Waals surface area contributed by atoms with Crippen LogP contribution in [-0.2, 0) is 4.43 Å². The fourth-order valence-electron chi connectivity index (χ4n) is 0.528. The van der Waals surface area contributed by atoms with Crippen LogP contribution in [0.1, 0.15) is 6.42 Å². The van der Waals surface area contributed by atoms with Crippen LogP contribution < -0.4 is 0 Å². The molecule has 49 valence electrons. The molecule has 0 bridgehead atoms. The van der Waals surface area contributed by atoms with Crippen LogP contribution in [-0.4, -0.2) is 15.4 Å². The minimum absolute atomic E-state index is 1.01. The Balaban J connectivity index is 3.37. The van der Waals surface area contributed by atoms with E-state index in [2.05, 4.69) is 20.0 Å². The SMILES string of the molecule is [CH2]CC[Si](C)(C)OC. The lowest BCUT2D eigenvalue weighted by Gasteiger charge is -2.17. The molecular weight excluding hydrogens is 116 g/mol. The van der Waals surface area contributed by atoms with Crippen molar-refractivity contribution in [3.8, 4) is 0 Å². The molecule has 0 N–H and O–H groups in total. The van der Waals surface area contributed by atoms with Crippen LogP contribution in [0.4, 0.5) is 0 Å². The predicted octanol–water partition coefficient (Wildman–Crippen LogP) is 2.06. The van der Waals surface area contributed by atoms with Crippen molar-refractivity contribution < 1.29 is 4.43 Å². The van der Waals surface area contributed by atoms with Gasteiger partial charge in [0.25, 0.3) is 0 Å². The monoisotopic (exact) mass is 131 g/mol. The van der Waals surface area contributed by atoms with Gasteiger partial charge in [-0.2, -0.15) is 0 Å². The molecule has 0 rings (SSSR count). The largest absolute Gasteiger partial charge is 0.420 e. The first-order valence-electron chi connectivity index (χ1n) is 2.97. The third-order valence-electron chi connectivity index (χ3n) is 1.33. The molecule has 2 heteroatoms. The molecule has 1 radical (unpaired) electrons. The first kappa shape index (κ1) is 8.18. The Morgan fingerprint density at radius 3 is 2.12 bits per heavy atom. The van der Waals surface area contributed by atoms with Gasteiger partial charge in [-0.15, -0.1) is 0 Å². The molecule has 0 spiro atoms. The summed E-state index contributed by atoms with van der Waals surface area (Å²) in [5.74, 6) is 0. The van der Waals surface area contributed by atoms with Crippen LogP contribution in [0.2, 0.25) is 19.1 Å². The number of hydrogen-bond donors (Lipinski definition) is 0. The van der Waals surface area contributed by atoms with Crippen molar-refractivity contribution in [2.45, 2.75) is 25.6 Å². The Hall–Kier alpha value is 0.177. The average molecular weight is 131 g/mol. The first-order valence-corrected chi connectivity index (χ1v) is 6.08. The van der Waals surface area contributed by atoms with Gasteiger partial charge in [0.05, 0.1) is 0 Å². The zero-order valence-corrected chi connectivity index (χ0v) is 7.03. The van der Waals surface area contributed by atoms with Crippen LogP contribution in [0.25, 0.3) is 0 Å². The van der Waals surface area contributed by atoms with Crippen molar-refractivity contribution in [1.29, 1.82) is 0 Å². The molecule has 8 heavy (non-hydrogen) atoms. The molecule has 0 atom stereocenters. The molecule has 0 aromatic carbocycles. The van der Waals surface area contributed by atoms with E-state index in [-0.39, 0.29) is 0 Å². The highest BCUT2D eigenvalue weighted by Gasteiger charge is 2.17. The second-order valence-corrected chi connectivity index (χ2v) is 7.00. The van der Waals surface area contributed by atoms with Crippen LogP contribution in [0.15, 0.2) is 0 Å². The second kappa shape index (κ2) is 3.25. The van der Waals surface area contributed by atoms with Gasteiger partial charge < -0.3 is 4.43 Å². The van der Waals surface area contributed by atoms with Crippen LogP contribution >= 0.6 is 0 Å². The highest BCUT2D eigenvalue weighted by molar-refractivity contribution is 6.71. The van der Waals surface area contributed by atoms with Gasteiger partial charge in [-0.05, 0) is 19.1 Å². The second-order valence-electron chi connectivity index (χ2n) is 2.57. The Bertz CT molecular complexity index is 61.5. The van der Waals surface area contributed by atoms with Gasteiger partial charge >= 0.3 is 0 Å². The minimum Gasteiger partial charge on any atom is -0.420 e. The fourth-order valence-corrected chi connectivity index (χ4v) is 1.58. The normalized spacial score (nSPS) is 12.0. The molecule has 0 aliphatic carbocycles. The van der Waals surface area contributed by atoms with E-state index >= 15 is 0 Å². The van der Waals surface area contributed by atoms with Crippen molar-refractivity contribution in [3.05, 3.63) is 6.92 Å². The summed E-state index contributed by atoms with van der Waals surface area (Å²) in [5.41, 5.74) is 0. The summed E-state index contributed by atoms with van der Waals surface area (Å²) in [6.07, 6.45) is 1.01. The summed E-state index contributed by atoms with van der Waals surface area (Å²) >= 11 is 0. The van der Waals surface area contributed by atoms with E-state index in [0.29, 0.717) is 0 Å². The van der Waals surface area contributed by atoms with Gasteiger partial charge in [0, 0.05) is 7.11 Å². The maximum absolute atomic E-state index is 5.28. The van der Waals surface area contributed by atoms with Crippen LogP contribution in [0, 0.1) is 6.92 Å². The number of hydrogen-bond acceptors (Lipinski definition) is 1. The molecule has 0 saturated heterocycles. The van der Waals surface area contributed by atoms with Gasteiger partial charge in [0.1, 0.15) is 0 Å². The van der Waals surface area contributed by atoms with E-state index in [1.807, 2.05) is 0 Å². The van der Waals surface area contributed by atoms with Gasteiger partial charge in [-0.1, -0.05) is 13.3 Å². The van der Waals surface area contributed by atoms with Gasteiger partial charge in [0.2, 0.25) is 0 Å². The lowest BCUT2D eigenvalue weighted by atomic mass is 10.6. The molecule has 0 aromatic heterocycles. The van der Waals surface area contributed by atoms with Gasteiger partial charge in [0.15, 0.2) is 8.32 Å². The molecule has 0 heterocycles. The molecule has 0 aromatic rings. The molecule has 0 amide bonds. The molecule has 0 aliphatic rings. The molecular formula is C6H15OSi. The summed E-state index contributed by atoms with van der Waals surface area (Å²) in [5, 5.41) is 0. The maximum Gasteiger partial charge on any atom is 0.186 e. The molecule has 0 saturated carbocycles. The van der Waals surface area contributed by atoms with Crippen molar-refractivity contribution in [2.24, 2.45) is 0 Å². The highest BCUT2D eigenvalue weighted by atomic mass is 28.4. The Morgan fingerprint density at radius 1 is 1.50 bits per heavy atom. The summed E-state index contributed by atoms with van der Waals surface area (Å²) in [6.45, 7) is 8.19. The van der Waals surface area contributed by atoms with E-state index in [9.17, 15) is 0 Å². The van der Waals surface area contributed by atoms with E-state index < -0.39 is 8.32 Å². The zero-order chi connectivity index (χ0) is 6.62. The summed E-state index contributed by atoms with van der Waals surface area (Å²) in [7, 11) is 0.554. The molecule has 0 unspecified atom stereocenters. The van der Waals surface area contributed by atoms with Crippen LogP contribution in [0.5, 0.6) is 0 Å². The van der Waals surface area contributed by atoms with Crippen molar-refractivity contribution >= 4 is 8.32 Å². The third-order valence-corrected chi connectivity index (χ3v) is 3.99. The summed E-state index contributed by atoms with van der Waals surface area (Å²) < 4.78 is 5.28. The molecule has 0 fully saturated rings. The van der Waals surface area contributed by atoms with E-state index in [1.54, 1.807) is 7.11 Å². The lowest BCUT2D eigenvalue weighted by Crippen LogP contribution is -2.27. The van der Waals surface area contributed by atoms with Crippen LogP contribution in [0.3, 0.4) is 0 Å². The van der Waals surface area contributed by atoms with Gasteiger partial charge in [-0.3, -0.25) is 0 Å². The topological polar surface area (TPSA) is 9.23 Å². The van der Waals surface area contributed by atoms with Crippen molar-refractivity contribution in [1.82, 2.24) is 0 Å². The summed E-state index contributed by atoms with van der Waals surface area (Å²) in [4.78, 5) is 0. The van der Waals surface area contributed by atoms with Crippen molar-refractivity contribution in [2.75, 3.05) is 7.11 Å². The number of rotatable bonds is 3. The third kappa shape index (κ3) is 3.21. The average Bonchev–Trinajstić information content (AvgIpc) is 1.67. The highest BCUT2D eigenvalue weighted by Crippen LogP contribution is 2.10. The predicted molar refractivity (Wildman–Crippen MR) is 39.3 cm³/mol. The van der Waals surface area contributed by atoms with E-state index in [0.717, 1.165) is 6.42 Å². The first-order chi connectivity index (χ1) is 3.62. The van der Waals surface area contributed by atoms with E-state index in [1.165, 1.54) is 6.04 Å². The Kier molecular flexibility index (Phi) is 3.32. The molecule has 0 aliphatic heterocycles. The Morgan fingerprint density at radius 2 is 2.00 bits per heavy atom. The Labute approximate surface area is 53.2 Å². The zero-order valence-electron chi connectivity index (χ0n) is 6.03. The maximum atomic E-state index is 5.28. The van der Waals surface area contributed by atoms with Crippen molar-refractivity contribution in [3.63, 3.8) is 0 Å².